The maximum absolute atomic E-state index is 13.0. The zero-order chi connectivity index (χ0) is 20.8. The van der Waals surface area contributed by atoms with Crippen LogP contribution in [0.2, 0.25) is 0 Å². The molecule has 3 aliphatic rings. The van der Waals surface area contributed by atoms with Crippen molar-refractivity contribution in [1.82, 2.24) is 4.90 Å². The van der Waals surface area contributed by atoms with Gasteiger partial charge in [-0.05, 0) is 23.8 Å². The van der Waals surface area contributed by atoms with Crippen LogP contribution in [0.15, 0.2) is 30.0 Å². The molecule has 1 fully saturated rings. The van der Waals surface area contributed by atoms with Gasteiger partial charge in [-0.2, -0.15) is 0 Å². The Morgan fingerprint density at radius 3 is 2.80 bits per heavy atom. The number of hydrogen-bond donors (Lipinski definition) is 1. The first-order valence-electron chi connectivity index (χ1n) is 10.2. The van der Waals surface area contributed by atoms with Crippen molar-refractivity contribution in [2.45, 2.75) is 18.6 Å². The summed E-state index contributed by atoms with van der Waals surface area (Å²) in [4.78, 5) is 14.7. The number of benzene rings is 1. The average Bonchev–Trinajstić information content (AvgIpc) is 3.27. The van der Waals surface area contributed by atoms with Crippen LogP contribution >= 0.6 is 0 Å². The number of ether oxygens (including phenoxy) is 6. The Morgan fingerprint density at radius 2 is 1.97 bits per heavy atom. The fraction of sp³-hybridized carbons (Fsp3) is 0.571. The van der Waals surface area contributed by atoms with Gasteiger partial charge >= 0.3 is 0 Å². The first-order valence-corrected chi connectivity index (χ1v) is 10.2. The fourth-order valence-corrected chi connectivity index (χ4v) is 3.61. The van der Waals surface area contributed by atoms with Crippen LogP contribution in [-0.2, 0) is 23.7 Å². The van der Waals surface area contributed by atoms with Crippen molar-refractivity contribution >= 4 is 5.91 Å². The number of morpholine rings is 1. The van der Waals surface area contributed by atoms with Gasteiger partial charge in [0.15, 0.2) is 17.3 Å². The van der Waals surface area contributed by atoms with Crippen LogP contribution in [0.25, 0.3) is 0 Å². The summed E-state index contributed by atoms with van der Waals surface area (Å²) in [7, 11) is 0. The molecule has 0 aromatic heterocycles. The van der Waals surface area contributed by atoms with Crippen LogP contribution in [-0.4, -0.2) is 81.7 Å². The van der Waals surface area contributed by atoms with Crippen molar-refractivity contribution < 1.29 is 38.3 Å². The minimum absolute atomic E-state index is 0.0347. The predicted molar refractivity (Wildman–Crippen MR) is 104 cm³/mol. The van der Waals surface area contributed by atoms with Gasteiger partial charge in [0.2, 0.25) is 13.1 Å². The molecule has 1 aromatic carbocycles. The van der Waals surface area contributed by atoms with Crippen LogP contribution < -0.4 is 9.47 Å². The van der Waals surface area contributed by atoms with Gasteiger partial charge in [-0.25, -0.2) is 0 Å². The molecule has 9 heteroatoms. The van der Waals surface area contributed by atoms with E-state index in [1.807, 2.05) is 24.3 Å². The summed E-state index contributed by atoms with van der Waals surface area (Å²) in [6.45, 7) is 3.19. The Bertz CT molecular complexity index is 761. The van der Waals surface area contributed by atoms with Crippen molar-refractivity contribution in [2.75, 3.05) is 59.5 Å². The quantitative estimate of drug-likeness (QED) is 0.622. The van der Waals surface area contributed by atoms with Crippen LogP contribution in [0.5, 0.6) is 11.5 Å². The van der Waals surface area contributed by atoms with Gasteiger partial charge in [0.25, 0.3) is 5.91 Å². The number of hydrogen-bond acceptors (Lipinski definition) is 8. The Morgan fingerprint density at radius 1 is 1.13 bits per heavy atom. The van der Waals surface area contributed by atoms with E-state index in [1.54, 1.807) is 4.90 Å². The molecule has 3 aliphatic heterocycles. The SMILES string of the molecule is O=C(C1=CC(c2ccc3c(c2)OCO3)CC(OCCOCCO)O1)N1CCOCC1. The summed E-state index contributed by atoms with van der Waals surface area (Å²) >= 11 is 0. The molecule has 3 heterocycles. The van der Waals surface area contributed by atoms with Crippen LogP contribution in [0.4, 0.5) is 0 Å². The second-order valence-electron chi connectivity index (χ2n) is 7.14. The Kier molecular flexibility index (Phi) is 7.06. The van der Waals surface area contributed by atoms with E-state index in [0.29, 0.717) is 57.4 Å². The summed E-state index contributed by atoms with van der Waals surface area (Å²) in [6, 6.07) is 5.79. The topological polar surface area (TPSA) is 95.9 Å². The van der Waals surface area contributed by atoms with Gasteiger partial charge in [-0.1, -0.05) is 6.07 Å². The molecule has 0 aliphatic carbocycles. The number of carbonyl (C=O) groups is 1. The smallest absolute Gasteiger partial charge is 0.288 e. The number of carbonyl (C=O) groups excluding carboxylic acids is 1. The molecular weight excluding hydrogens is 394 g/mol. The number of nitrogens with zero attached hydrogens (tertiary/aromatic N) is 1. The van der Waals surface area contributed by atoms with Gasteiger partial charge in [0.05, 0.1) is 39.6 Å². The van der Waals surface area contributed by atoms with E-state index in [9.17, 15) is 4.79 Å². The summed E-state index contributed by atoms with van der Waals surface area (Å²) in [5, 5.41) is 8.79. The van der Waals surface area contributed by atoms with Gasteiger partial charge in [0, 0.05) is 25.4 Å². The van der Waals surface area contributed by atoms with E-state index in [1.165, 1.54) is 0 Å². The lowest BCUT2D eigenvalue weighted by Gasteiger charge is -2.33. The number of fused-ring (bicyclic) bond motifs is 1. The van der Waals surface area contributed by atoms with E-state index in [0.717, 1.165) is 5.56 Å². The number of aliphatic hydroxyl groups excluding tert-OH is 1. The summed E-state index contributed by atoms with van der Waals surface area (Å²) < 4.78 is 33.2. The highest BCUT2D eigenvalue weighted by atomic mass is 16.7. The second kappa shape index (κ2) is 10.1. The largest absolute Gasteiger partial charge is 0.459 e. The van der Waals surface area contributed by atoms with Crippen molar-refractivity contribution in [2.24, 2.45) is 0 Å². The molecule has 0 bridgehead atoms. The summed E-state index contributed by atoms with van der Waals surface area (Å²) in [5.74, 6) is 1.47. The average molecular weight is 421 g/mol. The van der Waals surface area contributed by atoms with Crippen molar-refractivity contribution in [3.63, 3.8) is 0 Å². The molecule has 1 saturated heterocycles. The predicted octanol–water partition coefficient (Wildman–Crippen LogP) is 1.01. The lowest BCUT2D eigenvalue weighted by atomic mass is 9.92. The molecule has 30 heavy (non-hydrogen) atoms. The molecule has 0 saturated carbocycles. The molecule has 4 rings (SSSR count). The summed E-state index contributed by atoms with van der Waals surface area (Å²) in [5.41, 5.74) is 1.000. The lowest BCUT2D eigenvalue weighted by molar-refractivity contribution is -0.158. The van der Waals surface area contributed by atoms with Crippen LogP contribution in [0, 0.1) is 0 Å². The van der Waals surface area contributed by atoms with Gasteiger partial charge in [-0.3, -0.25) is 4.79 Å². The lowest BCUT2D eigenvalue weighted by Crippen LogP contribution is -2.43. The minimum Gasteiger partial charge on any atom is -0.459 e. The number of allylic oxidation sites excluding steroid dienone is 1. The molecule has 1 amide bonds. The van der Waals surface area contributed by atoms with E-state index >= 15 is 0 Å². The molecule has 0 radical (unpaired) electrons. The van der Waals surface area contributed by atoms with Gasteiger partial charge in [-0.15, -0.1) is 0 Å². The molecule has 1 aromatic rings. The van der Waals surface area contributed by atoms with E-state index in [2.05, 4.69) is 0 Å². The third kappa shape index (κ3) is 5.04. The summed E-state index contributed by atoms with van der Waals surface area (Å²) in [6.07, 6.45) is 1.83. The first-order chi connectivity index (χ1) is 14.7. The third-order valence-corrected chi connectivity index (χ3v) is 5.16. The van der Waals surface area contributed by atoms with Crippen molar-refractivity contribution in [3.8, 4) is 11.5 Å². The Hall–Kier alpha value is -2.33. The van der Waals surface area contributed by atoms with Crippen LogP contribution in [0.3, 0.4) is 0 Å². The zero-order valence-corrected chi connectivity index (χ0v) is 16.8. The van der Waals surface area contributed by atoms with Gasteiger partial charge < -0.3 is 38.4 Å². The fourth-order valence-electron chi connectivity index (χ4n) is 3.61. The highest BCUT2D eigenvalue weighted by Crippen LogP contribution is 2.38. The number of amides is 1. The molecular formula is C21H27NO8. The van der Waals surface area contributed by atoms with Crippen LogP contribution in [0.1, 0.15) is 17.9 Å². The van der Waals surface area contributed by atoms with E-state index in [-0.39, 0.29) is 37.6 Å². The Balaban J connectivity index is 1.48. The number of rotatable bonds is 8. The second-order valence-corrected chi connectivity index (χ2v) is 7.14. The van der Waals surface area contributed by atoms with Gasteiger partial charge in [0.1, 0.15) is 0 Å². The van der Waals surface area contributed by atoms with E-state index < -0.39 is 6.29 Å². The standard InChI is InChI=1S/C21H27NO8/c23-5-8-26-9-10-27-20-13-16(15-1-2-17-18(11-15)29-14-28-17)12-19(30-20)21(24)22-3-6-25-7-4-22/h1-2,11-12,16,20,23H,3-10,13-14H2. The maximum Gasteiger partial charge on any atom is 0.288 e. The zero-order valence-electron chi connectivity index (χ0n) is 16.8. The molecule has 1 N–H and O–H groups in total. The molecule has 2 atom stereocenters. The minimum atomic E-state index is -0.580. The highest BCUT2D eigenvalue weighted by Gasteiger charge is 2.32. The molecule has 164 valence electrons. The maximum atomic E-state index is 13.0. The molecule has 2 unspecified atom stereocenters. The molecule has 0 spiro atoms. The highest BCUT2D eigenvalue weighted by molar-refractivity contribution is 5.91. The molecule has 9 nitrogen and oxygen atoms in total. The van der Waals surface area contributed by atoms with Crippen molar-refractivity contribution in [1.29, 1.82) is 0 Å². The first kappa shape index (κ1) is 20.9. The normalized spacial score (nSPS) is 23.1. The Labute approximate surface area is 175 Å². The van der Waals surface area contributed by atoms with Crippen molar-refractivity contribution in [3.05, 3.63) is 35.6 Å². The number of aliphatic hydroxyl groups is 1. The monoisotopic (exact) mass is 421 g/mol. The van der Waals surface area contributed by atoms with E-state index in [4.69, 9.17) is 33.5 Å². The third-order valence-electron chi connectivity index (χ3n) is 5.16.